The van der Waals surface area contributed by atoms with Gasteiger partial charge in [-0.25, -0.2) is 13.4 Å². The maximum Gasteiger partial charge on any atom is 0.379 e. The van der Waals surface area contributed by atoms with E-state index in [0.29, 0.717) is 11.3 Å². The summed E-state index contributed by atoms with van der Waals surface area (Å²) in [7, 11) is -7.22. The summed E-state index contributed by atoms with van der Waals surface area (Å²) >= 11 is 0. The van der Waals surface area contributed by atoms with Gasteiger partial charge in [-0.05, 0) is 63.4 Å². The molecular weight excluding hydrogens is 411 g/mol. The Morgan fingerprint density at radius 1 is 1.00 bits per heavy atom. The zero-order valence-corrected chi connectivity index (χ0v) is 19.1. The second-order valence-corrected chi connectivity index (χ2v) is 10.9. The molecule has 0 amide bonds. The lowest BCUT2D eigenvalue weighted by atomic mass is 10.1. The third-order valence-electron chi connectivity index (χ3n) is 5.05. The Kier molecular flexibility index (Phi) is 6.32. The fourth-order valence-electron chi connectivity index (χ4n) is 3.52. The van der Waals surface area contributed by atoms with E-state index < -0.39 is 17.6 Å². The summed E-state index contributed by atoms with van der Waals surface area (Å²) in [5.74, 6) is 0. The number of pyridine rings is 1. The molecule has 0 fully saturated rings. The number of aryl methyl sites for hydroxylation is 2. The Morgan fingerprint density at radius 3 is 2.10 bits per heavy atom. The summed E-state index contributed by atoms with van der Waals surface area (Å²) in [6, 6.07) is 6.81. The van der Waals surface area contributed by atoms with Gasteiger partial charge in [0.1, 0.15) is 0 Å². The molecule has 9 heteroatoms. The number of rotatable bonds is 7. The van der Waals surface area contributed by atoms with E-state index in [1.54, 1.807) is 52.0 Å². The van der Waals surface area contributed by atoms with E-state index in [9.17, 15) is 13.0 Å². The fourth-order valence-corrected chi connectivity index (χ4v) is 6.71. The van der Waals surface area contributed by atoms with Crippen molar-refractivity contribution in [3.8, 4) is 0 Å². The molecule has 0 bridgehead atoms. The van der Waals surface area contributed by atoms with Crippen LogP contribution in [0.3, 0.4) is 0 Å². The van der Waals surface area contributed by atoms with Crippen molar-refractivity contribution in [2.45, 2.75) is 52.6 Å². The van der Waals surface area contributed by atoms with Gasteiger partial charge in [-0.1, -0.05) is 17.7 Å². The highest BCUT2D eigenvalue weighted by Crippen LogP contribution is 2.48. The lowest BCUT2D eigenvalue weighted by Crippen LogP contribution is -2.25. The molecule has 7 nitrogen and oxygen atoms in total. The Morgan fingerprint density at radius 2 is 1.55 bits per heavy atom. The van der Waals surface area contributed by atoms with Crippen LogP contribution >= 0.6 is 7.60 Å². The first-order chi connectivity index (χ1) is 13.6. The third kappa shape index (κ3) is 4.05. The molecule has 0 unspecified atom stereocenters. The summed E-state index contributed by atoms with van der Waals surface area (Å²) < 4.78 is 51.9. The van der Waals surface area contributed by atoms with E-state index in [-0.39, 0.29) is 36.6 Å². The molecule has 1 aromatic carbocycles. The number of hydrogen-bond acceptors (Lipinski definition) is 6. The molecule has 2 aromatic rings. The molecule has 0 atom stereocenters. The summed E-state index contributed by atoms with van der Waals surface area (Å²) in [6.45, 7) is 9.89. The number of aromatic nitrogens is 1. The van der Waals surface area contributed by atoms with Crippen molar-refractivity contribution in [3.05, 3.63) is 52.2 Å². The van der Waals surface area contributed by atoms with Gasteiger partial charge in [0.15, 0.2) is 5.44 Å². The minimum Gasteiger partial charge on any atom is -0.304 e. The number of fused-ring (bicyclic) bond motifs is 1. The van der Waals surface area contributed by atoms with Gasteiger partial charge in [0, 0.05) is 18.8 Å². The molecule has 2 heterocycles. The molecule has 0 spiro atoms. The van der Waals surface area contributed by atoms with Crippen molar-refractivity contribution in [2.75, 3.05) is 13.2 Å². The van der Waals surface area contributed by atoms with E-state index in [1.807, 2.05) is 6.92 Å². The molecule has 158 valence electrons. The van der Waals surface area contributed by atoms with Crippen LogP contribution in [0.2, 0.25) is 0 Å². The Labute approximate surface area is 172 Å². The van der Waals surface area contributed by atoms with Gasteiger partial charge in [-0.2, -0.15) is 4.31 Å². The summed E-state index contributed by atoms with van der Waals surface area (Å²) in [6.07, 6.45) is 0. The first kappa shape index (κ1) is 22.1. The van der Waals surface area contributed by atoms with Crippen LogP contribution in [0.25, 0.3) is 0 Å². The van der Waals surface area contributed by atoms with E-state index in [2.05, 4.69) is 4.98 Å². The lowest BCUT2D eigenvalue weighted by Gasteiger charge is -2.20. The average molecular weight is 438 g/mol. The molecule has 0 N–H and O–H groups in total. The Balaban J connectivity index is 2.03. The molecule has 1 aliphatic rings. The molecule has 1 aromatic heterocycles. The number of sulfonamides is 1. The highest BCUT2D eigenvalue weighted by Gasteiger charge is 2.38. The summed E-state index contributed by atoms with van der Waals surface area (Å²) in [5.41, 5.74) is 4.24. The summed E-state index contributed by atoms with van der Waals surface area (Å²) in [5, 5.41) is 0. The van der Waals surface area contributed by atoms with Crippen LogP contribution in [0.4, 0.5) is 0 Å². The molecule has 0 radical (unpaired) electrons. The van der Waals surface area contributed by atoms with Crippen molar-refractivity contribution in [2.24, 2.45) is 0 Å². The van der Waals surface area contributed by atoms with E-state index in [4.69, 9.17) is 9.05 Å². The van der Waals surface area contributed by atoms with Gasteiger partial charge in [-0.3, -0.25) is 4.57 Å². The van der Waals surface area contributed by atoms with Gasteiger partial charge < -0.3 is 9.05 Å². The number of nitrogens with zero attached hydrogens (tertiary/aromatic N) is 2. The van der Waals surface area contributed by atoms with Crippen molar-refractivity contribution in [3.63, 3.8) is 0 Å². The third-order valence-corrected chi connectivity index (χ3v) is 9.00. The van der Waals surface area contributed by atoms with Crippen molar-refractivity contribution >= 4 is 23.1 Å². The molecule has 1 aliphatic heterocycles. The van der Waals surface area contributed by atoms with Gasteiger partial charge in [-0.15, -0.1) is 0 Å². The van der Waals surface area contributed by atoms with Crippen molar-refractivity contribution in [1.29, 1.82) is 0 Å². The van der Waals surface area contributed by atoms with Crippen LogP contribution < -0.4 is 5.44 Å². The molecule has 3 rings (SSSR count). The molecule has 0 saturated heterocycles. The van der Waals surface area contributed by atoms with Crippen LogP contribution in [0.15, 0.2) is 29.2 Å². The second-order valence-electron chi connectivity index (χ2n) is 7.02. The van der Waals surface area contributed by atoms with Gasteiger partial charge >= 0.3 is 7.60 Å². The SMILES string of the molecule is CCOP(=O)(OCC)c1nc(C)c2c(c1C)CN(S(=O)(=O)c1ccc(C)cc1)C2. The minimum absolute atomic E-state index is 0.200. The van der Waals surface area contributed by atoms with Gasteiger partial charge in [0.05, 0.1) is 18.1 Å². The lowest BCUT2D eigenvalue weighted by molar-refractivity contribution is 0.229. The standard InChI is InChI=1S/C20H27N2O5PS/c1-6-26-28(23,27-7-2)20-15(4)18-12-22(13-19(18)16(5)21-20)29(24,25)17-10-8-14(3)9-11-17/h8-11H,6-7,12-13H2,1-5H3. The monoisotopic (exact) mass is 438 g/mol. The van der Waals surface area contributed by atoms with E-state index in [1.165, 1.54) is 4.31 Å². The van der Waals surface area contributed by atoms with Gasteiger partial charge in [0.2, 0.25) is 10.0 Å². The Bertz CT molecular complexity index is 1060. The van der Waals surface area contributed by atoms with E-state index >= 15 is 0 Å². The van der Waals surface area contributed by atoms with Crippen LogP contribution in [0, 0.1) is 20.8 Å². The molecule has 29 heavy (non-hydrogen) atoms. The van der Waals surface area contributed by atoms with Crippen LogP contribution in [-0.2, 0) is 36.7 Å². The second kappa shape index (κ2) is 8.28. The largest absolute Gasteiger partial charge is 0.379 e. The number of hydrogen-bond donors (Lipinski definition) is 0. The quantitative estimate of drug-likeness (QED) is 0.614. The van der Waals surface area contributed by atoms with E-state index in [0.717, 1.165) is 16.7 Å². The van der Waals surface area contributed by atoms with Crippen LogP contribution in [-0.4, -0.2) is 30.9 Å². The average Bonchev–Trinajstić information content (AvgIpc) is 3.13. The zero-order chi connectivity index (χ0) is 21.4. The molecular formula is C20H27N2O5PS. The fraction of sp³-hybridized carbons (Fsp3) is 0.450. The minimum atomic E-state index is -3.65. The highest BCUT2D eigenvalue weighted by molar-refractivity contribution is 7.89. The zero-order valence-electron chi connectivity index (χ0n) is 17.4. The maximum absolute atomic E-state index is 13.3. The predicted molar refractivity (Wildman–Crippen MR) is 112 cm³/mol. The maximum atomic E-state index is 13.3. The molecule has 0 aliphatic carbocycles. The Hall–Kier alpha value is -1.57. The first-order valence-corrected chi connectivity index (χ1v) is 12.6. The topological polar surface area (TPSA) is 85.8 Å². The van der Waals surface area contributed by atoms with Gasteiger partial charge in [0.25, 0.3) is 0 Å². The highest BCUT2D eigenvalue weighted by atomic mass is 32.2. The van der Waals surface area contributed by atoms with Crippen molar-refractivity contribution in [1.82, 2.24) is 9.29 Å². The normalized spacial score (nSPS) is 14.9. The smallest absolute Gasteiger partial charge is 0.304 e. The first-order valence-electron chi connectivity index (χ1n) is 9.59. The summed E-state index contributed by atoms with van der Waals surface area (Å²) in [4.78, 5) is 4.78. The number of benzene rings is 1. The van der Waals surface area contributed by atoms with Crippen LogP contribution in [0.1, 0.15) is 41.8 Å². The van der Waals surface area contributed by atoms with Crippen LogP contribution in [0.5, 0.6) is 0 Å². The predicted octanol–water partition coefficient (Wildman–Crippen LogP) is 3.60. The molecule has 0 saturated carbocycles. The van der Waals surface area contributed by atoms with Crippen molar-refractivity contribution < 1.29 is 22.0 Å².